The lowest BCUT2D eigenvalue weighted by molar-refractivity contribution is 0.365. The molecular formula is C22H50N12. The van der Waals surface area contributed by atoms with Crippen LogP contribution in [0.3, 0.4) is 0 Å². The lowest BCUT2D eigenvalue weighted by atomic mass is 10.1. The van der Waals surface area contributed by atoms with Crippen LogP contribution in [0.1, 0.15) is 77.0 Å². The predicted molar refractivity (Wildman–Crippen MR) is 144 cm³/mol. The molecule has 0 radical (unpaired) electrons. The first-order chi connectivity index (χ1) is 16.3. The average molecular weight is 483 g/mol. The zero-order chi connectivity index (χ0) is 25.6. The maximum atomic E-state index is 8.17. The van der Waals surface area contributed by atoms with Crippen molar-refractivity contribution in [3.05, 3.63) is 0 Å². The fourth-order valence-electron chi connectivity index (χ4n) is 3.61. The Hall–Kier alpha value is -2.60. The Morgan fingerprint density at radius 3 is 1.26 bits per heavy atom. The maximum absolute atomic E-state index is 8.17. The Balaban J connectivity index is 4.47. The Morgan fingerprint density at radius 1 is 0.529 bits per heavy atom. The molecule has 0 spiro atoms. The monoisotopic (exact) mass is 482 g/mol. The first-order valence-electron chi connectivity index (χ1n) is 12.6. The van der Waals surface area contributed by atoms with Crippen LogP contribution in [0.2, 0.25) is 0 Å². The average Bonchev–Trinajstić information content (AvgIpc) is 2.77. The second-order valence-electron chi connectivity index (χ2n) is 8.51. The molecule has 0 heterocycles. The van der Waals surface area contributed by atoms with Crippen molar-refractivity contribution in [3.63, 3.8) is 0 Å². The van der Waals surface area contributed by atoms with Gasteiger partial charge >= 0.3 is 0 Å². The van der Waals surface area contributed by atoms with Gasteiger partial charge in [-0.25, -0.2) is 0 Å². The van der Waals surface area contributed by atoms with E-state index in [4.69, 9.17) is 45.2 Å². The van der Waals surface area contributed by atoms with Crippen LogP contribution in [0.4, 0.5) is 0 Å². The van der Waals surface area contributed by atoms with Gasteiger partial charge in [-0.05, 0) is 51.6 Å². The highest BCUT2D eigenvalue weighted by Crippen LogP contribution is 2.08. The Bertz CT molecular complexity index is 601. The van der Waals surface area contributed by atoms with Crippen molar-refractivity contribution in [2.75, 3.05) is 39.3 Å². The van der Waals surface area contributed by atoms with Crippen LogP contribution in [-0.2, 0) is 0 Å². The number of guanidine groups is 4. The van der Waals surface area contributed by atoms with E-state index in [0.29, 0.717) is 12.5 Å². The third-order valence-electron chi connectivity index (χ3n) is 5.46. The number of hydrogen-bond donors (Lipinski definition) is 8. The standard InChI is InChI=1S/C22H50N12/c23-13-7-1-3-9-15-33(21(29)31-19(25)26)17-11-5-6-12-18-34(22(30)32-20(27)28)16-10-4-2-8-14-24/h1-18,23-24H2,(H5,25,26,29,31)(H5,27,28,30,32). The van der Waals surface area contributed by atoms with E-state index in [1.807, 2.05) is 9.80 Å². The first kappa shape index (κ1) is 31.4. The molecule has 198 valence electrons. The molecule has 12 heteroatoms. The molecule has 0 aliphatic carbocycles. The smallest absolute Gasteiger partial charge is 0.221 e. The molecule has 0 saturated carbocycles. The number of aliphatic imine (C=N–C) groups is 2. The minimum atomic E-state index is -0.281. The van der Waals surface area contributed by atoms with Crippen LogP contribution in [0, 0.1) is 10.8 Å². The SMILES string of the molecule is N=C(N)N=C(N)N(CCCCCCN)CCCCCCN(CCCCCCN)C(=N)N=C(N)N. The molecule has 34 heavy (non-hydrogen) atoms. The quantitative estimate of drug-likeness (QED) is 0.0735. The van der Waals surface area contributed by atoms with E-state index in [9.17, 15) is 0 Å². The summed E-state index contributed by atoms with van der Waals surface area (Å²) in [6.45, 7) is 4.50. The molecule has 0 aromatic rings. The fraction of sp³-hybridized carbons (Fsp3) is 0.818. The van der Waals surface area contributed by atoms with Gasteiger partial charge in [0.05, 0.1) is 0 Å². The zero-order valence-corrected chi connectivity index (χ0v) is 21.0. The summed E-state index contributed by atoms with van der Waals surface area (Å²) in [5, 5.41) is 15.5. The molecule has 0 aliphatic heterocycles. The van der Waals surface area contributed by atoms with E-state index in [2.05, 4.69) is 9.98 Å². The van der Waals surface area contributed by atoms with Gasteiger partial charge in [-0.3, -0.25) is 10.8 Å². The molecule has 0 bridgehead atoms. The number of rotatable bonds is 19. The molecule has 0 aromatic heterocycles. The lowest BCUT2D eigenvalue weighted by Crippen LogP contribution is -2.40. The second kappa shape index (κ2) is 21.0. The van der Waals surface area contributed by atoms with Crippen LogP contribution < -0.4 is 34.4 Å². The van der Waals surface area contributed by atoms with Gasteiger partial charge < -0.3 is 44.2 Å². The van der Waals surface area contributed by atoms with Crippen molar-refractivity contribution < 1.29 is 0 Å². The van der Waals surface area contributed by atoms with Gasteiger partial charge in [0.1, 0.15) is 0 Å². The number of unbranched alkanes of at least 4 members (excludes halogenated alkanes) is 9. The molecule has 0 fully saturated rings. The predicted octanol–water partition coefficient (Wildman–Crippen LogP) is 0.605. The second-order valence-corrected chi connectivity index (χ2v) is 8.51. The molecule has 14 N–H and O–H groups in total. The molecule has 0 aromatic carbocycles. The van der Waals surface area contributed by atoms with Crippen LogP contribution >= 0.6 is 0 Å². The molecule has 0 rings (SSSR count). The summed E-state index contributed by atoms with van der Waals surface area (Å²) < 4.78 is 0. The van der Waals surface area contributed by atoms with E-state index >= 15 is 0 Å². The Kier molecular flexibility index (Phi) is 19.4. The van der Waals surface area contributed by atoms with Crippen molar-refractivity contribution in [2.45, 2.75) is 77.0 Å². The van der Waals surface area contributed by atoms with Gasteiger partial charge in [0.25, 0.3) is 0 Å². The van der Waals surface area contributed by atoms with E-state index < -0.39 is 0 Å². The van der Waals surface area contributed by atoms with Crippen LogP contribution in [0.25, 0.3) is 0 Å². The van der Waals surface area contributed by atoms with Crippen molar-refractivity contribution in [1.29, 1.82) is 10.8 Å². The van der Waals surface area contributed by atoms with Crippen molar-refractivity contribution >= 4 is 23.8 Å². The van der Waals surface area contributed by atoms with E-state index in [1.54, 1.807) is 0 Å². The Labute approximate surface area is 205 Å². The topological polar surface area (TPSA) is 235 Å². The number of nitrogens with one attached hydrogen (secondary N) is 2. The van der Waals surface area contributed by atoms with E-state index in [0.717, 1.165) is 110 Å². The molecule has 0 saturated heterocycles. The fourth-order valence-corrected chi connectivity index (χ4v) is 3.61. The summed E-state index contributed by atoms with van der Waals surface area (Å²) in [4.78, 5) is 11.8. The third-order valence-corrected chi connectivity index (χ3v) is 5.46. The summed E-state index contributed by atoms with van der Waals surface area (Å²) in [5.41, 5.74) is 33.5. The van der Waals surface area contributed by atoms with Crippen LogP contribution in [-0.4, -0.2) is 72.9 Å². The van der Waals surface area contributed by atoms with Gasteiger partial charge in [-0.2, -0.15) is 9.98 Å². The summed E-state index contributed by atoms with van der Waals surface area (Å²) in [6.07, 6.45) is 12.4. The lowest BCUT2D eigenvalue weighted by Gasteiger charge is -2.24. The number of hydrogen-bond acceptors (Lipinski definition) is 4. The highest BCUT2D eigenvalue weighted by atomic mass is 15.3. The van der Waals surface area contributed by atoms with Gasteiger partial charge in [-0.1, -0.05) is 38.5 Å². The minimum absolute atomic E-state index is 0.0916. The van der Waals surface area contributed by atoms with Gasteiger partial charge in [0, 0.05) is 26.2 Å². The summed E-state index contributed by atoms with van der Waals surface area (Å²) >= 11 is 0. The third kappa shape index (κ3) is 17.9. The van der Waals surface area contributed by atoms with Crippen molar-refractivity contribution in [1.82, 2.24) is 9.80 Å². The number of nitrogens with two attached hydrogens (primary N) is 6. The molecule has 0 amide bonds. The van der Waals surface area contributed by atoms with E-state index in [1.165, 1.54) is 0 Å². The Morgan fingerprint density at radius 2 is 0.912 bits per heavy atom. The minimum Gasteiger partial charge on any atom is -0.370 e. The molecule has 0 unspecified atom stereocenters. The molecule has 0 atom stereocenters. The highest BCUT2D eigenvalue weighted by Gasteiger charge is 2.10. The molecular weight excluding hydrogens is 432 g/mol. The van der Waals surface area contributed by atoms with E-state index in [-0.39, 0.29) is 17.9 Å². The van der Waals surface area contributed by atoms with Crippen LogP contribution in [0.5, 0.6) is 0 Å². The molecule has 0 aliphatic rings. The highest BCUT2D eigenvalue weighted by molar-refractivity contribution is 5.92. The maximum Gasteiger partial charge on any atom is 0.221 e. The summed E-state index contributed by atoms with van der Waals surface area (Å²) in [7, 11) is 0. The van der Waals surface area contributed by atoms with Gasteiger partial charge in [0.15, 0.2) is 11.9 Å². The largest absolute Gasteiger partial charge is 0.370 e. The molecule has 12 nitrogen and oxygen atoms in total. The number of nitrogens with zero attached hydrogens (tertiary/aromatic N) is 4. The van der Waals surface area contributed by atoms with Gasteiger partial charge in [0.2, 0.25) is 11.9 Å². The van der Waals surface area contributed by atoms with Crippen molar-refractivity contribution in [3.8, 4) is 0 Å². The van der Waals surface area contributed by atoms with Crippen molar-refractivity contribution in [2.24, 2.45) is 44.4 Å². The first-order valence-corrected chi connectivity index (χ1v) is 12.6. The summed E-state index contributed by atoms with van der Waals surface area (Å²) in [5.74, 6) is 0.0497. The zero-order valence-electron chi connectivity index (χ0n) is 21.0. The van der Waals surface area contributed by atoms with Crippen LogP contribution in [0.15, 0.2) is 9.98 Å². The normalized spacial score (nSPS) is 11.3. The summed E-state index contributed by atoms with van der Waals surface area (Å²) in [6, 6.07) is 0. The van der Waals surface area contributed by atoms with Gasteiger partial charge in [-0.15, -0.1) is 0 Å².